The van der Waals surface area contributed by atoms with Gasteiger partial charge in [-0.3, -0.25) is 0 Å². The van der Waals surface area contributed by atoms with Crippen LogP contribution in [0.25, 0.3) is 0 Å². The van der Waals surface area contributed by atoms with Gasteiger partial charge in [0.1, 0.15) is 5.75 Å². The van der Waals surface area contributed by atoms with Gasteiger partial charge in [-0.05, 0) is 34.0 Å². The van der Waals surface area contributed by atoms with Gasteiger partial charge in [-0.2, -0.15) is 0 Å². The summed E-state index contributed by atoms with van der Waals surface area (Å²) in [4.78, 5) is 0. The number of nitrogen functional groups attached to an aromatic ring is 1. The van der Waals surface area contributed by atoms with Gasteiger partial charge in [-0.15, -0.1) is 0 Å². The first-order chi connectivity index (χ1) is 6.11. The minimum absolute atomic E-state index is 0.522. The first-order valence-electron chi connectivity index (χ1n) is 4.28. The van der Waals surface area contributed by atoms with E-state index in [9.17, 15) is 0 Å². The van der Waals surface area contributed by atoms with Crippen LogP contribution in [0.15, 0.2) is 22.7 Å². The zero-order chi connectivity index (χ0) is 9.84. The lowest BCUT2D eigenvalue weighted by Crippen LogP contribution is -2.05. The average Bonchev–Trinajstić information content (AvgIpc) is 2.07. The summed E-state index contributed by atoms with van der Waals surface area (Å²) >= 11 is 3.38. The standard InChI is InChI=1S/C10H14BrNO/c1-7(2)6-13-9-5-3-4-8(12)10(9)11/h3-5,7H,6,12H2,1-2H3. The van der Waals surface area contributed by atoms with Crippen LogP contribution in [0.5, 0.6) is 5.75 Å². The van der Waals surface area contributed by atoms with Gasteiger partial charge in [-0.1, -0.05) is 19.9 Å². The molecule has 0 spiro atoms. The molecule has 0 aliphatic carbocycles. The molecule has 0 fully saturated rings. The van der Waals surface area contributed by atoms with E-state index in [1.807, 2.05) is 18.2 Å². The minimum atomic E-state index is 0.522. The molecule has 0 aliphatic rings. The Morgan fingerprint density at radius 3 is 2.77 bits per heavy atom. The molecule has 1 rings (SSSR count). The van der Waals surface area contributed by atoms with Crippen molar-refractivity contribution in [3.8, 4) is 5.75 Å². The molecule has 0 bridgehead atoms. The molecular weight excluding hydrogens is 230 g/mol. The van der Waals surface area contributed by atoms with Crippen molar-refractivity contribution < 1.29 is 4.74 Å². The maximum atomic E-state index is 5.70. The topological polar surface area (TPSA) is 35.2 Å². The van der Waals surface area contributed by atoms with E-state index in [4.69, 9.17) is 10.5 Å². The molecular formula is C10H14BrNO. The molecule has 0 aliphatic heterocycles. The number of benzene rings is 1. The molecule has 0 aromatic heterocycles. The Morgan fingerprint density at radius 1 is 1.46 bits per heavy atom. The van der Waals surface area contributed by atoms with E-state index in [2.05, 4.69) is 29.8 Å². The minimum Gasteiger partial charge on any atom is -0.492 e. The third-order valence-electron chi connectivity index (χ3n) is 1.57. The van der Waals surface area contributed by atoms with Crippen LogP contribution in [0.3, 0.4) is 0 Å². The summed E-state index contributed by atoms with van der Waals surface area (Å²) < 4.78 is 6.40. The highest BCUT2D eigenvalue weighted by molar-refractivity contribution is 9.10. The van der Waals surface area contributed by atoms with Crippen LogP contribution in [0.2, 0.25) is 0 Å². The largest absolute Gasteiger partial charge is 0.492 e. The molecule has 3 heteroatoms. The number of nitrogens with two attached hydrogens (primary N) is 1. The Labute approximate surface area is 87.2 Å². The van der Waals surface area contributed by atoms with Gasteiger partial charge in [-0.25, -0.2) is 0 Å². The van der Waals surface area contributed by atoms with E-state index in [1.54, 1.807) is 0 Å². The van der Waals surface area contributed by atoms with Crippen molar-refractivity contribution in [1.82, 2.24) is 0 Å². The van der Waals surface area contributed by atoms with Crippen molar-refractivity contribution in [3.63, 3.8) is 0 Å². The van der Waals surface area contributed by atoms with Gasteiger partial charge in [0.05, 0.1) is 11.1 Å². The van der Waals surface area contributed by atoms with Gasteiger partial charge in [0.15, 0.2) is 0 Å². The summed E-state index contributed by atoms with van der Waals surface area (Å²) in [6, 6.07) is 5.63. The summed E-state index contributed by atoms with van der Waals surface area (Å²) in [7, 11) is 0. The summed E-state index contributed by atoms with van der Waals surface area (Å²) in [5.74, 6) is 1.34. The molecule has 2 N–H and O–H groups in total. The van der Waals surface area contributed by atoms with Gasteiger partial charge in [0, 0.05) is 5.69 Å². The molecule has 13 heavy (non-hydrogen) atoms. The van der Waals surface area contributed by atoms with Crippen LogP contribution >= 0.6 is 15.9 Å². The molecule has 0 saturated carbocycles. The number of rotatable bonds is 3. The van der Waals surface area contributed by atoms with Crippen LogP contribution in [0.4, 0.5) is 5.69 Å². The normalized spacial score (nSPS) is 10.5. The molecule has 0 heterocycles. The van der Waals surface area contributed by atoms with Gasteiger partial charge in [0.2, 0.25) is 0 Å². The number of anilines is 1. The van der Waals surface area contributed by atoms with E-state index in [1.165, 1.54) is 0 Å². The second kappa shape index (κ2) is 4.51. The Balaban J connectivity index is 2.71. The van der Waals surface area contributed by atoms with E-state index in [0.29, 0.717) is 18.2 Å². The quantitative estimate of drug-likeness (QED) is 0.829. The van der Waals surface area contributed by atoms with Crippen LogP contribution < -0.4 is 10.5 Å². The fourth-order valence-corrected chi connectivity index (χ4v) is 1.27. The maximum Gasteiger partial charge on any atom is 0.135 e. The fraction of sp³-hybridized carbons (Fsp3) is 0.400. The molecule has 0 atom stereocenters. The third-order valence-corrected chi connectivity index (χ3v) is 2.41. The molecule has 0 amide bonds. The SMILES string of the molecule is CC(C)COc1cccc(N)c1Br. The van der Waals surface area contributed by atoms with E-state index < -0.39 is 0 Å². The molecule has 72 valence electrons. The van der Waals surface area contributed by atoms with E-state index >= 15 is 0 Å². The van der Waals surface area contributed by atoms with Crippen molar-refractivity contribution in [2.75, 3.05) is 12.3 Å². The van der Waals surface area contributed by atoms with Crippen LogP contribution in [-0.2, 0) is 0 Å². The first kappa shape index (κ1) is 10.4. The summed E-state index contributed by atoms with van der Waals surface area (Å²) in [6.45, 7) is 4.93. The highest BCUT2D eigenvalue weighted by Crippen LogP contribution is 2.30. The molecule has 2 nitrogen and oxygen atoms in total. The van der Waals surface area contributed by atoms with Gasteiger partial charge < -0.3 is 10.5 Å². The second-order valence-corrected chi connectivity index (χ2v) is 4.16. The van der Waals surface area contributed by atoms with Crippen molar-refractivity contribution in [2.24, 2.45) is 5.92 Å². The number of halogens is 1. The zero-order valence-corrected chi connectivity index (χ0v) is 9.47. The zero-order valence-electron chi connectivity index (χ0n) is 7.88. The van der Waals surface area contributed by atoms with Crippen molar-refractivity contribution in [2.45, 2.75) is 13.8 Å². The predicted octanol–water partition coefficient (Wildman–Crippen LogP) is 3.07. The number of hydrogen-bond acceptors (Lipinski definition) is 2. The Hall–Kier alpha value is -0.700. The highest BCUT2D eigenvalue weighted by atomic mass is 79.9. The highest BCUT2D eigenvalue weighted by Gasteiger charge is 2.04. The molecule has 1 aromatic rings. The molecule has 0 saturated heterocycles. The summed E-state index contributed by atoms with van der Waals surface area (Å²) in [5.41, 5.74) is 6.41. The lowest BCUT2D eigenvalue weighted by molar-refractivity contribution is 0.269. The summed E-state index contributed by atoms with van der Waals surface area (Å²) in [5, 5.41) is 0. The molecule has 0 unspecified atom stereocenters. The maximum absolute atomic E-state index is 5.70. The van der Waals surface area contributed by atoms with Crippen molar-refractivity contribution >= 4 is 21.6 Å². The predicted molar refractivity (Wildman–Crippen MR) is 58.9 cm³/mol. The van der Waals surface area contributed by atoms with Gasteiger partial charge >= 0.3 is 0 Å². The first-order valence-corrected chi connectivity index (χ1v) is 5.07. The molecule has 0 radical (unpaired) electrons. The number of ether oxygens (including phenoxy) is 1. The Morgan fingerprint density at radius 2 is 2.15 bits per heavy atom. The van der Waals surface area contributed by atoms with Crippen LogP contribution in [-0.4, -0.2) is 6.61 Å². The lowest BCUT2D eigenvalue weighted by Gasteiger charge is -2.11. The monoisotopic (exact) mass is 243 g/mol. The van der Waals surface area contributed by atoms with Crippen molar-refractivity contribution in [1.29, 1.82) is 0 Å². The fourth-order valence-electron chi connectivity index (χ4n) is 0.896. The second-order valence-electron chi connectivity index (χ2n) is 3.36. The smallest absolute Gasteiger partial charge is 0.135 e. The van der Waals surface area contributed by atoms with E-state index in [0.717, 1.165) is 10.2 Å². The lowest BCUT2D eigenvalue weighted by atomic mass is 10.2. The third kappa shape index (κ3) is 2.92. The van der Waals surface area contributed by atoms with Crippen LogP contribution in [0.1, 0.15) is 13.8 Å². The van der Waals surface area contributed by atoms with E-state index in [-0.39, 0.29) is 0 Å². The average molecular weight is 244 g/mol. The Bertz CT molecular complexity index is 286. The number of hydrogen-bond donors (Lipinski definition) is 1. The van der Waals surface area contributed by atoms with Crippen molar-refractivity contribution in [3.05, 3.63) is 22.7 Å². The Kier molecular flexibility index (Phi) is 3.60. The molecule has 1 aromatic carbocycles. The summed E-state index contributed by atoms with van der Waals surface area (Å²) in [6.07, 6.45) is 0. The van der Waals surface area contributed by atoms with Gasteiger partial charge in [0.25, 0.3) is 0 Å². The van der Waals surface area contributed by atoms with Crippen LogP contribution in [0, 0.1) is 5.92 Å².